The maximum absolute atomic E-state index is 12.3. The van der Waals surface area contributed by atoms with Crippen molar-refractivity contribution in [3.8, 4) is 5.75 Å². The zero-order valence-corrected chi connectivity index (χ0v) is 13.2. The number of nitrogens with one attached hydrogen (secondary N) is 1. The van der Waals surface area contributed by atoms with Crippen molar-refractivity contribution < 1.29 is 9.53 Å². The Hall–Kier alpha value is -2.11. The molecule has 118 valence electrons. The van der Waals surface area contributed by atoms with Gasteiger partial charge >= 0.3 is 0 Å². The van der Waals surface area contributed by atoms with Crippen LogP contribution in [-0.4, -0.2) is 24.0 Å². The molecule has 2 rings (SSSR count). The molecule has 5 nitrogen and oxygen atoms in total. The van der Waals surface area contributed by atoms with E-state index in [2.05, 4.69) is 10.3 Å². The van der Waals surface area contributed by atoms with E-state index in [0.717, 1.165) is 23.4 Å². The van der Waals surface area contributed by atoms with E-state index in [-0.39, 0.29) is 18.3 Å². The molecule has 0 unspecified atom stereocenters. The Morgan fingerprint density at radius 3 is 2.64 bits per heavy atom. The Kier molecular flexibility index (Phi) is 7.36. The van der Waals surface area contributed by atoms with Crippen molar-refractivity contribution in [3.05, 3.63) is 53.9 Å². The number of hydrogen-bond acceptors (Lipinski definition) is 4. The summed E-state index contributed by atoms with van der Waals surface area (Å²) in [5.41, 5.74) is 7.68. The SMILES string of the molecule is CCc1cnccc1C(=O)Nc1ccc(OCCN)cc1.Cl. The second-order valence-corrected chi connectivity index (χ2v) is 4.50. The number of rotatable bonds is 6. The Balaban J connectivity index is 0.00000242. The highest BCUT2D eigenvalue weighted by Gasteiger charge is 2.10. The van der Waals surface area contributed by atoms with Crippen LogP contribution in [0.2, 0.25) is 0 Å². The molecular formula is C16H20ClN3O2. The highest BCUT2D eigenvalue weighted by molar-refractivity contribution is 6.05. The molecule has 2 aromatic rings. The Labute approximate surface area is 136 Å². The fraction of sp³-hybridized carbons (Fsp3) is 0.250. The molecule has 0 saturated heterocycles. The summed E-state index contributed by atoms with van der Waals surface area (Å²) >= 11 is 0. The van der Waals surface area contributed by atoms with E-state index in [4.69, 9.17) is 10.5 Å². The fourth-order valence-corrected chi connectivity index (χ4v) is 1.94. The molecule has 6 heteroatoms. The second-order valence-electron chi connectivity index (χ2n) is 4.50. The van der Waals surface area contributed by atoms with Gasteiger partial charge in [-0.05, 0) is 42.3 Å². The number of aryl methyl sites for hydroxylation is 1. The number of pyridine rings is 1. The van der Waals surface area contributed by atoms with Gasteiger partial charge in [-0.25, -0.2) is 0 Å². The summed E-state index contributed by atoms with van der Waals surface area (Å²) in [5.74, 6) is 0.599. The Bertz CT molecular complexity index is 603. The average molecular weight is 322 g/mol. The number of nitrogens with zero attached hydrogens (tertiary/aromatic N) is 1. The third-order valence-corrected chi connectivity index (χ3v) is 3.03. The minimum atomic E-state index is -0.134. The van der Waals surface area contributed by atoms with Crippen molar-refractivity contribution in [2.45, 2.75) is 13.3 Å². The normalized spacial score (nSPS) is 9.73. The number of hydrogen-bond donors (Lipinski definition) is 2. The van der Waals surface area contributed by atoms with Gasteiger partial charge in [0.15, 0.2) is 0 Å². The van der Waals surface area contributed by atoms with E-state index in [1.54, 1.807) is 42.7 Å². The largest absolute Gasteiger partial charge is 0.492 e. The zero-order chi connectivity index (χ0) is 15.1. The van der Waals surface area contributed by atoms with Gasteiger partial charge in [-0.15, -0.1) is 12.4 Å². The monoisotopic (exact) mass is 321 g/mol. The van der Waals surface area contributed by atoms with Crippen LogP contribution in [0.3, 0.4) is 0 Å². The molecular weight excluding hydrogens is 302 g/mol. The van der Waals surface area contributed by atoms with E-state index >= 15 is 0 Å². The van der Waals surface area contributed by atoms with Crippen molar-refractivity contribution in [1.82, 2.24) is 4.98 Å². The number of anilines is 1. The zero-order valence-electron chi connectivity index (χ0n) is 12.4. The van der Waals surface area contributed by atoms with Gasteiger partial charge in [0.05, 0.1) is 0 Å². The number of carbonyl (C=O) groups is 1. The molecule has 0 bridgehead atoms. The predicted octanol–water partition coefficient (Wildman–Crippen LogP) is 2.66. The summed E-state index contributed by atoms with van der Waals surface area (Å²) in [6.07, 6.45) is 4.11. The number of halogens is 1. The molecule has 0 atom stereocenters. The molecule has 0 aliphatic carbocycles. The smallest absolute Gasteiger partial charge is 0.256 e. The lowest BCUT2D eigenvalue weighted by molar-refractivity contribution is 0.102. The number of amides is 1. The molecule has 1 aromatic heterocycles. The number of nitrogens with two attached hydrogens (primary N) is 1. The van der Waals surface area contributed by atoms with Crippen LogP contribution in [-0.2, 0) is 6.42 Å². The van der Waals surface area contributed by atoms with Crippen LogP contribution in [0.25, 0.3) is 0 Å². The van der Waals surface area contributed by atoms with Gasteiger partial charge in [0.2, 0.25) is 0 Å². The maximum Gasteiger partial charge on any atom is 0.256 e. The maximum atomic E-state index is 12.3. The highest BCUT2D eigenvalue weighted by atomic mass is 35.5. The molecule has 1 aromatic carbocycles. The van der Waals surface area contributed by atoms with E-state index in [0.29, 0.717) is 18.7 Å². The molecule has 1 heterocycles. The van der Waals surface area contributed by atoms with Crippen LogP contribution in [0.15, 0.2) is 42.7 Å². The van der Waals surface area contributed by atoms with Crippen molar-refractivity contribution in [2.24, 2.45) is 5.73 Å². The lowest BCUT2D eigenvalue weighted by atomic mass is 10.1. The van der Waals surface area contributed by atoms with Crippen LogP contribution in [0.4, 0.5) is 5.69 Å². The van der Waals surface area contributed by atoms with Gasteiger partial charge in [-0.1, -0.05) is 6.92 Å². The predicted molar refractivity (Wildman–Crippen MR) is 89.8 cm³/mol. The van der Waals surface area contributed by atoms with Gasteiger partial charge in [-0.3, -0.25) is 9.78 Å². The van der Waals surface area contributed by atoms with Crippen molar-refractivity contribution in [2.75, 3.05) is 18.5 Å². The summed E-state index contributed by atoms with van der Waals surface area (Å²) < 4.78 is 5.39. The first-order valence-electron chi connectivity index (χ1n) is 6.91. The average Bonchev–Trinajstić information content (AvgIpc) is 2.54. The summed E-state index contributed by atoms with van der Waals surface area (Å²) in [7, 11) is 0. The lowest BCUT2D eigenvalue weighted by Crippen LogP contribution is -2.14. The molecule has 1 amide bonds. The minimum absolute atomic E-state index is 0. The van der Waals surface area contributed by atoms with Crippen LogP contribution in [0.1, 0.15) is 22.8 Å². The number of carbonyl (C=O) groups excluding carboxylic acids is 1. The first kappa shape index (κ1) is 17.9. The third-order valence-electron chi connectivity index (χ3n) is 3.03. The van der Waals surface area contributed by atoms with Crippen molar-refractivity contribution in [1.29, 1.82) is 0 Å². The van der Waals surface area contributed by atoms with Crippen LogP contribution < -0.4 is 15.8 Å². The number of aromatic nitrogens is 1. The topological polar surface area (TPSA) is 77.2 Å². The van der Waals surface area contributed by atoms with Crippen LogP contribution >= 0.6 is 12.4 Å². The first-order valence-corrected chi connectivity index (χ1v) is 6.91. The van der Waals surface area contributed by atoms with Crippen molar-refractivity contribution >= 4 is 24.0 Å². The van der Waals surface area contributed by atoms with Gasteiger partial charge in [0.25, 0.3) is 5.91 Å². The molecule has 0 fully saturated rings. The fourth-order valence-electron chi connectivity index (χ4n) is 1.94. The Morgan fingerprint density at radius 1 is 1.27 bits per heavy atom. The summed E-state index contributed by atoms with van der Waals surface area (Å²) in [5, 5.41) is 2.87. The van der Waals surface area contributed by atoms with Gasteiger partial charge < -0.3 is 15.8 Å². The van der Waals surface area contributed by atoms with E-state index < -0.39 is 0 Å². The lowest BCUT2D eigenvalue weighted by Gasteiger charge is -2.09. The molecule has 0 aliphatic heterocycles. The number of benzene rings is 1. The molecule has 22 heavy (non-hydrogen) atoms. The molecule has 0 spiro atoms. The summed E-state index contributed by atoms with van der Waals surface area (Å²) in [6, 6.07) is 8.94. The van der Waals surface area contributed by atoms with Crippen LogP contribution in [0.5, 0.6) is 5.75 Å². The molecule has 0 saturated carbocycles. The second kappa shape index (κ2) is 9.02. The summed E-state index contributed by atoms with van der Waals surface area (Å²) in [6.45, 7) is 2.94. The van der Waals surface area contributed by atoms with Crippen LogP contribution in [0, 0.1) is 0 Å². The molecule has 0 aliphatic rings. The van der Waals surface area contributed by atoms with Gasteiger partial charge in [0.1, 0.15) is 12.4 Å². The highest BCUT2D eigenvalue weighted by Crippen LogP contribution is 2.17. The molecule has 0 radical (unpaired) electrons. The third kappa shape index (κ3) is 4.72. The van der Waals surface area contributed by atoms with Crippen molar-refractivity contribution in [3.63, 3.8) is 0 Å². The summed E-state index contributed by atoms with van der Waals surface area (Å²) in [4.78, 5) is 16.3. The minimum Gasteiger partial charge on any atom is -0.492 e. The Morgan fingerprint density at radius 2 is 2.00 bits per heavy atom. The van der Waals surface area contributed by atoms with E-state index in [1.807, 2.05) is 6.92 Å². The van der Waals surface area contributed by atoms with Gasteiger partial charge in [0, 0.05) is 30.2 Å². The van der Waals surface area contributed by atoms with E-state index in [1.165, 1.54) is 0 Å². The van der Waals surface area contributed by atoms with E-state index in [9.17, 15) is 4.79 Å². The first-order chi connectivity index (χ1) is 10.2. The van der Waals surface area contributed by atoms with Gasteiger partial charge in [-0.2, -0.15) is 0 Å². The quantitative estimate of drug-likeness (QED) is 0.857. The molecule has 3 N–H and O–H groups in total. The standard InChI is InChI=1S/C16H19N3O2.ClH/c1-2-12-11-18-9-7-15(12)16(20)19-13-3-5-14(6-4-13)21-10-8-17;/h3-7,9,11H,2,8,10,17H2,1H3,(H,19,20);1H. The number of ether oxygens (including phenoxy) is 1.